The molecule has 2 heteroatoms. The monoisotopic (exact) mass is 552 g/mol. The second kappa shape index (κ2) is 11.1. The fourth-order valence-electron chi connectivity index (χ4n) is 6.36. The van der Waals surface area contributed by atoms with Crippen LogP contribution in [-0.2, 0) is 6.42 Å². The van der Waals surface area contributed by atoms with Gasteiger partial charge in [-0.2, -0.15) is 5.26 Å². The normalized spacial score (nSPS) is 11.2. The van der Waals surface area contributed by atoms with Gasteiger partial charge in [-0.3, -0.25) is 0 Å². The zero-order chi connectivity index (χ0) is 29.3. The molecule has 7 aromatic rings. The molecule has 0 aliphatic rings. The molecular weight excluding hydrogens is 520 g/mol. The maximum absolute atomic E-state index is 9.35. The fraction of sp³-hybridized carbons (Fsp3) is 0.0976. The maximum atomic E-state index is 9.35. The lowest BCUT2D eigenvalue weighted by molar-refractivity contribution is 0.923. The van der Waals surface area contributed by atoms with Crippen LogP contribution in [0, 0.1) is 18.3 Å². The van der Waals surface area contributed by atoms with Gasteiger partial charge in [0, 0.05) is 16.5 Å². The second-order valence-corrected chi connectivity index (χ2v) is 11.3. The second-order valence-electron chi connectivity index (χ2n) is 11.3. The van der Waals surface area contributed by atoms with E-state index >= 15 is 0 Å². The minimum atomic E-state index is 0.671. The van der Waals surface area contributed by atoms with Crippen LogP contribution < -0.4 is 0 Å². The summed E-state index contributed by atoms with van der Waals surface area (Å²) in [4.78, 5) is 0. The Kier molecular flexibility index (Phi) is 6.85. The Morgan fingerprint density at radius 2 is 1.28 bits per heavy atom. The van der Waals surface area contributed by atoms with E-state index in [0.717, 1.165) is 29.7 Å². The van der Waals surface area contributed by atoms with Crippen LogP contribution in [-0.4, -0.2) is 4.57 Å². The molecule has 0 saturated carbocycles. The summed E-state index contributed by atoms with van der Waals surface area (Å²) < 4.78 is 2.37. The highest BCUT2D eigenvalue weighted by Crippen LogP contribution is 2.37. The van der Waals surface area contributed by atoms with Crippen molar-refractivity contribution in [1.82, 2.24) is 4.57 Å². The summed E-state index contributed by atoms with van der Waals surface area (Å²) in [6, 6.07) is 49.9. The molecule has 0 spiro atoms. The summed E-state index contributed by atoms with van der Waals surface area (Å²) in [5.41, 5.74) is 14.1. The lowest BCUT2D eigenvalue weighted by Crippen LogP contribution is -1.94. The molecule has 43 heavy (non-hydrogen) atoms. The van der Waals surface area contributed by atoms with Crippen molar-refractivity contribution in [2.75, 3.05) is 0 Å². The Labute approximate surface area is 253 Å². The molecule has 0 bridgehead atoms. The predicted octanol–water partition coefficient (Wildman–Crippen LogP) is 10.9. The van der Waals surface area contributed by atoms with Gasteiger partial charge < -0.3 is 4.57 Å². The number of rotatable bonds is 6. The number of nitriles is 1. The van der Waals surface area contributed by atoms with Crippen LogP contribution in [0.1, 0.15) is 30.0 Å². The summed E-state index contributed by atoms with van der Waals surface area (Å²) >= 11 is 0. The first-order chi connectivity index (χ1) is 21.1. The maximum Gasteiger partial charge on any atom is 0.0991 e. The Morgan fingerprint density at radius 1 is 0.581 bits per heavy atom. The van der Waals surface area contributed by atoms with E-state index in [1.54, 1.807) is 0 Å². The molecule has 0 atom stereocenters. The summed E-state index contributed by atoms with van der Waals surface area (Å²) in [5, 5.41) is 11.8. The third-order valence-corrected chi connectivity index (χ3v) is 8.52. The van der Waals surface area contributed by atoms with Crippen molar-refractivity contribution in [1.29, 1.82) is 5.26 Å². The molecule has 1 aromatic heterocycles. The van der Waals surface area contributed by atoms with Gasteiger partial charge in [-0.05, 0) is 100 Å². The molecule has 6 aromatic carbocycles. The van der Waals surface area contributed by atoms with Crippen LogP contribution in [0.2, 0.25) is 0 Å². The van der Waals surface area contributed by atoms with Crippen LogP contribution >= 0.6 is 0 Å². The van der Waals surface area contributed by atoms with Gasteiger partial charge in [-0.15, -0.1) is 0 Å². The minimum absolute atomic E-state index is 0.671. The number of aryl methyl sites for hydroxylation is 2. The first-order valence-corrected chi connectivity index (χ1v) is 15.0. The van der Waals surface area contributed by atoms with Crippen molar-refractivity contribution >= 4 is 21.8 Å². The lowest BCUT2D eigenvalue weighted by Gasteiger charge is -2.14. The van der Waals surface area contributed by atoms with E-state index in [1.807, 2.05) is 18.2 Å². The van der Waals surface area contributed by atoms with Crippen molar-refractivity contribution < 1.29 is 0 Å². The van der Waals surface area contributed by atoms with E-state index in [-0.39, 0.29) is 0 Å². The predicted molar refractivity (Wildman–Crippen MR) is 181 cm³/mol. The van der Waals surface area contributed by atoms with E-state index in [9.17, 15) is 5.26 Å². The number of nitrogens with zero attached hydrogens (tertiary/aromatic N) is 2. The number of benzene rings is 6. The van der Waals surface area contributed by atoms with Gasteiger partial charge in [0.1, 0.15) is 0 Å². The third kappa shape index (κ3) is 4.80. The molecule has 0 N–H and O–H groups in total. The van der Waals surface area contributed by atoms with E-state index in [4.69, 9.17) is 0 Å². The molecule has 0 amide bonds. The van der Waals surface area contributed by atoms with Gasteiger partial charge in [0.05, 0.1) is 22.7 Å². The number of hydrogen-bond donors (Lipinski definition) is 0. The van der Waals surface area contributed by atoms with Gasteiger partial charge in [-0.1, -0.05) is 104 Å². The molecular formula is C41H32N2. The highest BCUT2D eigenvalue weighted by Gasteiger charge is 2.15. The number of para-hydroxylation sites is 1. The molecule has 0 aliphatic heterocycles. The zero-order valence-corrected chi connectivity index (χ0v) is 24.5. The van der Waals surface area contributed by atoms with Crippen LogP contribution in [0.5, 0.6) is 0 Å². The van der Waals surface area contributed by atoms with Gasteiger partial charge >= 0.3 is 0 Å². The molecule has 2 nitrogen and oxygen atoms in total. The topological polar surface area (TPSA) is 28.7 Å². The lowest BCUT2D eigenvalue weighted by atomic mass is 9.91. The minimum Gasteiger partial charge on any atom is -0.309 e. The van der Waals surface area contributed by atoms with Crippen LogP contribution in [0.25, 0.3) is 60.9 Å². The van der Waals surface area contributed by atoms with Gasteiger partial charge in [0.25, 0.3) is 0 Å². The van der Waals surface area contributed by atoms with Crippen molar-refractivity contribution in [2.45, 2.75) is 26.7 Å². The average Bonchev–Trinajstić information content (AvgIpc) is 3.39. The third-order valence-electron chi connectivity index (χ3n) is 8.52. The highest BCUT2D eigenvalue weighted by atomic mass is 15.0. The van der Waals surface area contributed by atoms with Gasteiger partial charge in [-0.25, -0.2) is 0 Å². The number of aromatic nitrogens is 1. The molecule has 0 saturated heterocycles. The smallest absolute Gasteiger partial charge is 0.0991 e. The number of hydrogen-bond acceptors (Lipinski definition) is 1. The molecule has 206 valence electrons. The highest BCUT2D eigenvalue weighted by molar-refractivity contribution is 6.10. The van der Waals surface area contributed by atoms with Gasteiger partial charge in [0.15, 0.2) is 0 Å². The first-order valence-electron chi connectivity index (χ1n) is 15.0. The summed E-state index contributed by atoms with van der Waals surface area (Å²) in [7, 11) is 0. The van der Waals surface area contributed by atoms with Crippen LogP contribution in [0.3, 0.4) is 0 Å². The van der Waals surface area contributed by atoms with Crippen LogP contribution in [0.4, 0.5) is 0 Å². The van der Waals surface area contributed by atoms with Crippen LogP contribution in [0.15, 0.2) is 133 Å². The molecule has 0 unspecified atom stereocenters. The first kappa shape index (κ1) is 26.5. The average molecular weight is 553 g/mol. The largest absolute Gasteiger partial charge is 0.309 e. The van der Waals surface area contributed by atoms with Crippen molar-refractivity contribution in [2.24, 2.45) is 0 Å². The number of fused-ring (bicyclic) bond motifs is 3. The summed E-state index contributed by atoms with van der Waals surface area (Å²) in [5.74, 6) is 0. The van der Waals surface area contributed by atoms with Crippen molar-refractivity contribution in [3.63, 3.8) is 0 Å². The molecule has 0 radical (unpaired) electrons. The Hall–Kier alpha value is -5.39. The zero-order valence-electron chi connectivity index (χ0n) is 24.5. The van der Waals surface area contributed by atoms with Gasteiger partial charge in [0.2, 0.25) is 0 Å². The molecule has 0 fully saturated rings. The van der Waals surface area contributed by atoms with E-state index in [1.165, 1.54) is 55.2 Å². The molecule has 1 heterocycles. The standard InChI is InChI=1S/C41H32N2/c1-3-9-31-11-4-5-13-36(31)39-25-33(17-16-28(39)2)34-20-23-38-37-14-6-7-15-40(37)43(41(38)26-34)35-21-18-30(19-22-35)32-12-8-10-29(24-32)27-42/h4-8,10-26H,3,9H2,1-2H3. The van der Waals surface area contributed by atoms with Crippen molar-refractivity contribution in [3.05, 3.63) is 150 Å². The Bertz CT molecular complexity index is 2160. The fourth-order valence-corrected chi connectivity index (χ4v) is 6.36. The Balaban J connectivity index is 1.36. The summed E-state index contributed by atoms with van der Waals surface area (Å²) in [6.07, 6.45) is 2.21. The van der Waals surface area contributed by atoms with E-state index < -0.39 is 0 Å². The van der Waals surface area contributed by atoms with Crippen molar-refractivity contribution in [3.8, 4) is 45.1 Å². The summed E-state index contributed by atoms with van der Waals surface area (Å²) in [6.45, 7) is 4.46. The Morgan fingerprint density at radius 3 is 2.12 bits per heavy atom. The molecule has 7 rings (SSSR count). The SMILES string of the molecule is CCCc1ccccc1-c1cc(-c2ccc3c4ccccc4n(-c4ccc(-c5cccc(C#N)c5)cc4)c3c2)ccc1C. The quantitative estimate of drug-likeness (QED) is 0.202. The van der Waals surface area contributed by atoms with E-state index in [0.29, 0.717) is 5.56 Å². The molecule has 0 aliphatic carbocycles. The van der Waals surface area contributed by atoms with E-state index in [2.05, 4.69) is 140 Å².